The normalized spacial score (nSPS) is 21.3. The minimum atomic E-state index is -1.14. The van der Waals surface area contributed by atoms with Gasteiger partial charge in [0.05, 0.1) is 6.07 Å². The van der Waals surface area contributed by atoms with Gasteiger partial charge in [0.1, 0.15) is 11.4 Å². The summed E-state index contributed by atoms with van der Waals surface area (Å²) in [5.41, 5.74) is -0.579. The highest BCUT2D eigenvalue weighted by Crippen LogP contribution is 2.32. The van der Waals surface area contributed by atoms with E-state index in [2.05, 4.69) is 5.32 Å². The van der Waals surface area contributed by atoms with Crippen molar-refractivity contribution < 1.29 is 14.0 Å². The zero-order valence-electron chi connectivity index (χ0n) is 11.7. The number of carbonyl (C=O) groups is 2. The third kappa shape index (κ3) is 2.59. The van der Waals surface area contributed by atoms with Crippen molar-refractivity contribution in [2.75, 3.05) is 6.54 Å². The summed E-state index contributed by atoms with van der Waals surface area (Å²) in [7, 11) is 0. The maximum absolute atomic E-state index is 13.0. The van der Waals surface area contributed by atoms with Gasteiger partial charge in [-0.25, -0.2) is 9.18 Å². The van der Waals surface area contributed by atoms with Gasteiger partial charge in [-0.15, -0.1) is 0 Å². The third-order valence-electron chi connectivity index (χ3n) is 3.71. The lowest BCUT2D eigenvalue weighted by Crippen LogP contribution is -2.43. The second-order valence-corrected chi connectivity index (χ2v) is 4.91. The smallest absolute Gasteiger partial charge is 0.319 e. The van der Waals surface area contributed by atoms with Crippen LogP contribution in [0.5, 0.6) is 0 Å². The molecule has 0 aliphatic carbocycles. The Morgan fingerprint density at radius 2 is 2.00 bits per heavy atom. The number of urea groups is 1. The molecule has 1 aliphatic heterocycles. The second kappa shape index (κ2) is 5.92. The molecule has 0 saturated carbocycles. The zero-order chi connectivity index (χ0) is 15.5. The summed E-state index contributed by atoms with van der Waals surface area (Å²) < 4.78 is 13.0. The van der Waals surface area contributed by atoms with Crippen LogP contribution in [0.2, 0.25) is 0 Å². The van der Waals surface area contributed by atoms with Crippen LogP contribution >= 0.6 is 0 Å². The van der Waals surface area contributed by atoms with E-state index in [4.69, 9.17) is 5.26 Å². The largest absolute Gasteiger partial charge is 0.325 e. The Balaban J connectivity index is 2.29. The Hall–Kier alpha value is -2.42. The fourth-order valence-corrected chi connectivity index (χ4v) is 2.52. The maximum Gasteiger partial charge on any atom is 0.325 e. The van der Waals surface area contributed by atoms with Gasteiger partial charge in [-0.1, -0.05) is 19.1 Å². The van der Waals surface area contributed by atoms with Gasteiger partial charge < -0.3 is 5.32 Å². The molecule has 3 amide bonds. The Morgan fingerprint density at radius 3 is 2.57 bits per heavy atom. The molecule has 21 heavy (non-hydrogen) atoms. The molecule has 1 aromatic carbocycles. The number of imide groups is 1. The molecule has 1 saturated heterocycles. The van der Waals surface area contributed by atoms with Crippen LogP contribution in [0.15, 0.2) is 24.3 Å². The molecule has 1 unspecified atom stereocenters. The van der Waals surface area contributed by atoms with Gasteiger partial charge in [0.25, 0.3) is 5.91 Å². The highest BCUT2D eigenvalue weighted by atomic mass is 19.1. The molecule has 1 N–H and O–H groups in total. The molecule has 1 atom stereocenters. The number of carbonyl (C=O) groups excluding carboxylic acids is 2. The van der Waals surface area contributed by atoms with Crippen molar-refractivity contribution >= 4 is 11.9 Å². The number of nitrogens with one attached hydrogen (secondary N) is 1. The van der Waals surface area contributed by atoms with Crippen LogP contribution in [-0.4, -0.2) is 23.4 Å². The zero-order valence-corrected chi connectivity index (χ0v) is 11.7. The van der Waals surface area contributed by atoms with Crippen LogP contribution in [0.3, 0.4) is 0 Å². The lowest BCUT2D eigenvalue weighted by atomic mass is 9.87. The topological polar surface area (TPSA) is 73.2 Å². The van der Waals surface area contributed by atoms with E-state index in [1.807, 2.05) is 6.07 Å². The van der Waals surface area contributed by atoms with Crippen LogP contribution in [0.1, 0.15) is 31.7 Å². The highest BCUT2D eigenvalue weighted by Gasteiger charge is 2.50. The number of rotatable bonds is 5. The molecular formula is C15H16FN3O2. The molecule has 110 valence electrons. The number of nitrogens with zero attached hydrogens (tertiary/aromatic N) is 2. The lowest BCUT2D eigenvalue weighted by molar-refractivity contribution is -0.131. The average Bonchev–Trinajstić information content (AvgIpc) is 2.73. The number of benzene rings is 1. The maximum atomic E-state index is 13.0. The molecule has 0 spiro atoms. The van der Waals surface area contributed by atoms with E-state index in [9.17, 15) is 14.0 Å². The van der Waals surface area contributed by atoms with Gasteiger partial charge in [-0.2, -0.15) is 5.26 Å². The molecule has 0 bridgehead atoms. The Kier molecular flexibility index (Phi) is 4.22. The van der Waals surface area contributed by atoms with Gasteiger partial charge in [-0.05, 0) is 30.5 Å². The fourth-order valence-electron chi connectivity index (χ4n) is 2.52. The summed E-state index contributed by atoms with van der Waals surface area (Å²) >= 11 is 0. The summed E-state index contributed by atoms with van der Waals surface area (Å²) in [4.78, 5) is 25.8. The fraction of sp³-hybridized carbons (Fsp3) is 0.400. The molecule has 5 nitrogen and oxygen atoms in total. The molecule has 2 rings (SSSR count). The molecule has 6 heteroatoms. The van der Waals surface area contributed by atoms with Gasteiger partial charge in [-0.3, -0.25) is 9.69 Å². The standard InChI is InChI=1S/C15H16FN3O2/c1-2-15(11-5-7-12(16)8-6-11)13(20)19(14(21)18-15)10-4-3-9-17/h5-8H,2-4,10H2,1H3,(H,18,21). The summed E-state index contributed by atoms with van der Waals surface area (Å²) in [6.45, 7) is 2.00. The molecule has 1 aromatic rings. The predicted molar refractivity (Wildman–Crippen MR) is 73.5 cm³/mol. The van der Waals surface area contributed by atoms with Crippen LogP contribution < -0.4 is 5.32 Å². The van der Waals surface area contributed by atoms with E-state index in [-0.39, 0.29) is 18.9 Å². The molecule has 0 aromatic heterocycles. The highest BCUT2D eigenvalue weighted by molar-refractivity contribution is 6.07. The van der Waals surface area contributed by atoms with Gasteiger partial charge in [0.15, 0.2) is 0 Å². The minimum Gasteiger partial charge on any atom is -0.319 e. The quantitative estimate of drug-likeness (QED) is 0.667. The number of nitriles is 1. The number of hydrogen-bond donors (Lipinski definition) is 1. The second-order valence-electron chi connectivity index (χ2n) is 4.91. The van der Waals surface area contributed by atoms with E-state index >= 15 is 0 Å². The van der Waals surface area contributed by atoms with Crippen molar-refractivity contribution in [1.82, 2.24) is 10.2 Å². The molecule has 1 fully saturated rings. The van der Waals surface area contributed by atoms with E-state index in [1.54, 1.807) is 6.92 Å². The summed E-state index contributed by atoms with van der Waals surface area (Å²) in [6.07, 6.45) is 1.10. The van der Waals surface area contributed by atoms with Crippen LogP contribution in [0, 0.1) is 17.1 Å². The summed E-state index contributed by atoms with van der Waals surface area (Å²) in [5, 5.41) is 11.2. The first-order chi connectivity index (χ1) is 10.0. The first-order valence-electron chi connectivity index (χ1n) is 6.82. The first kappa shape index (κ1) is 15.0. The van der Waals surface area contributed by atoms with Crippen molar-refractivity contribution in [1.29, 1.82) is 5.26 Å². The Morgan fingerprint density at radius 1 is 1.33 bits per heavy atom. The molecule has 0 radical (unpaired) electrons. The number of hydrogen-bond acceptors (Lipinski definition) is 3. The Labute approximate surface area is 122 Å². The number of amides is 3. The van der Waals surface area contributed by atoms with E-state index < -0.39 is 17.4 Å². The predicted octanol–water partition coefficient (Wildman–Crippen LogP) is 2.29. The third-order valence-corrected chi connectivity index (χ3v) is 3.71. The van der Waals surface area contributed by atoms with Crippen LogP contribution in [-0.2, 0) is 10.3 Å². The average molecular weight is 289 g/mol. The van der Waals surface area contributed by atoms with Crippen molar-refractivity contribution in [3.63, 3.8) is 0 Å². The van der Waals surface area contributed by atoms with E-state index in [1.165, 1.54) is 24.3 Å². The van der Waals surface area contributed by atoms with E-state index in [0.717, 1.165) is 4.90 Å². The Bertz CT molecular complexity index is 594. The van der Waals surface area contributed by atoms with Crippen molar-refractivity contribution in [2.24, 2.45) is 0 Å². The van der Waals surface area contributed by atoms with Gasteiger partial charge in [0.2, 0.25) is 0 Å². The lowest BCUT2D eigenvalue weighted by Gasteiger charge is -2.25. The van der Waals surface area contributed by atoms with E-state index in [0.29, 0.717) is 18.4 Å². The molecule has 1 heterocycles. The molecule has 1 aliphatic rings. The summed E-state index contributed by atoms with van der Waals surface area (Å²) in [6, 6.07) is 7.07. The van der Waals surface area contributed by atoms with Crippen LogP contribution in [0.25, 0.3) is 0 Å². The summed E-state index contributed by atoms with van der Waals surface area (Å²) in [5.74, 6) is -0.743. The molecular weight excluding hydrogens is 273 g/mol. The van der Waals surface area contributed by atoms with Crippen molar-refractivity contribution in [3.05, 3.63) is 35.6 Å². The minimum absolute atomic E-state index is 0.209. The van der Waals surface area contributed by atoms with Crippen LogP contribution in [0.4, 0.5) is 9.18 Å². The van der Waals surface area contributed by atoms with Gasteiger partial charge in [0, 0.05) is 13.0 Å². The monoisotopic (exact) mass is 289 g/mol. The van der Waals surface area contributed by atoms with Crippen molar-refractivity contribution in [2.45, 2.75) is 31.7 Å². The first-order valence-corrected chi connectivity index (χ1v) is 6.82. The SMILES string of the molecule is CCC1(c2ccc(F)cc2)NC(=O)N(CCCC#N)C1=O. The number of halogens is 1. The van der Waals surface area contributed by atoms with Gasteiger partial charge >= 0.3 is 6.03 Å². The van der Waals surface area contributed by atoms with Crippen molar-refractivity contribution in [3.8, 4) is 6.07 Å². The number of unbranched alkanes of at least 4 members (excludes halogenated alkanes) is 1.